The number of anilines is 2. The summed E-state index contributed by atoms with van der Waals surface area (Å²) < 4.78 is 40.8. The molecule has 1 N–H and O–H groups in total. The maximum absolute atomic E-state index is 14.1. The van der Waals surface area contributed by atoms with Gasteiger partial charge in [-0.15, -0.1) is 0 Å². The number of carbonyl (C=O) groups excluding carboxylic acids is 1. The van der Waals surface area contributed by atoms with Gasteiger partial charge in [-0.3, -0.25) is 4.79 Å². The Balaban J connectivity index is 2.32. The Morgan fingerprint density at radius 3 is 2.23 bits per heavy atom. The Morgan fingerprint density at radius 1 is 1.12 bits per heavy atom. The van der Waals surface area contributed by atoms with E-state index in [4.69, 9.17) is 23.2 Å². The molecule has 0 aromatic heterocycles. The van der Waals surface area contributed by atoms with Crippen molar-refractivity contribution in [3.63, 3.8) is 0 Å². The van der Waals surface area contributed by atoms with E-state index in [0.29, 0.717) is 20.0 Å². The van der Waals surface area contributed by atoms with Crippen molar-refractivity contribution in [2.24, 2.45) is 0 Å². The lowest BCUT2D eigenvalue weighted by Crippen LogP contribution is -2.44. The number of para-hydroxylation sites is 1. The van der Waals surface area contributed by atoms with Crippen LogP contribution in [0.4, 0.5) is 15.8 Å². The molecular weight excluding hydrogens is 404 g/mol. The molecule has 0 radical (unpaired) electrons. The molecule has 2 aromatic rings. The molecule has 26 heavy (non-hydrogen) atoms. The number of carbonyl (C=O) groups is 1. The van der Waals surface area contributed by atoms with Gasteiger partial charge in [-0.2, -0.15) is 12.7 Å². The number of nitrogens with zero attached hydrogens (tertiary/aromatic N) is 2. The zero-order valence-electron chi connectivity index (χ0n) is 13.9. The third-order valence-corrected chi connectivity index (χ3v) is 5.54. The standard InChI is InChI=1S/C16H16Cl2FN3O3S/c1-21(2)26(24,25)22(15-6-4-3-5-14(15)19)10-16(23)20-13-8-11(17)7-12(18)9-13/h3-9H,10H2,1-2H3,(H,20,23). The van der Waals surface area contributed by atoms with E-state index < -0.39 is 28.5 Å². The lowest BCUT2D eigenvalue weighted by Gasteiger charge is -2.27. The van der Waals surface area contributed by atoms with Gasteiger partial charge in [-0.05, 0) is 30.3 Å². The van der Waals surface area contributed by atoms with Gasteiger partial charge in [0, 0.05) is 29.8 Å². The first-order valence-electron chi connectivity index (χ1n) is 7.32. The fourth-order valence-electron chi connectivity index (χ4n) is 2.10. The third kappa shape index (κ3) is 4.85. The van der Waals surface area contributed by atoms with Crippen LogP contribution in [0.2, 0.25) is 10.0 Å². The monoisotopic (exact) mass is 419 g/mol. The van der Waals surface area contributed by atoms with Gasteiger partial charge in [0.1, 0.15) is 12.4 Å². The average molecular weight is 420 g/mol. The highest BCUT2D eigenvalue weighted by molar-refractivity contribution is 7.90. The van der Waals surface area contributed by atoms with E-state index in [1.807, 2.05) is 0 Å². The minimum atomic E-state index is -4.10. The summed E-state index contributed by atoms with van der Waals surface area (Å²) in [7, 11) is -1.53. The Labute approximate surface area is 161 Å². The van der Waals surface area contributed by atoms with Gasteiger partial charge in [-0.25, -0.2) is 8.70 Å². The predicted octanol–water partition coefficient (Wildman–Crippen LogP) is 3.38. The van der Waals surface area contributed by atoms with Crippen molar-refractivity contribution in [2.75, 3.05) is 30.3 Å². The minimum Gasteiger partial charge on any atom is -0.324 e. The fourth-order valence-corrected chi connectivity index (χ4v) is 3.70. The van der Waals surface area contributed by atoms with Crippen LogP contribution in [0.3, 0.4) is 0 Å². The van der Waals surface area contributed by atoms with Crippen LogP contribution in [0.5, 0.6) is 0 Å². The van der Waals surface area contributed by atoms with E-state index in [1.54, 1.807) is 0 Å². The van der Waals surface area contributed by atoms with Gasteiger partial charge >= 0.3 is 10.2 Å². The summed E-state index contributed by atoms with van der Waals surface area (Å²) in [5.41, 5.74) is 0.0590. The topological polar surface area (TPSA) is 69.7 Å². The van der Waals surface area contributed by atoms with Crippen molar-refractivity contribution >= 4 is 50.7 Å². The summed E-state index contributed by atoms with van der Waals surface area (Å²) >= 11 is 11.7. The van der Waals surface area contributed by atoms with Crippen molar-refractivity contribution in [2.45, 2.75) is 0 Å². The van der Waals surface area contributed by atoms with Crippen LogP contribution in [0.15, 0.2) is 42.5 Å². The Hall–Kier alpha value is -1.87. The van der Waals surface area contributed by atoms with Crippen molar-refractivity contribution < 1.29 is 17.6 Å². The molecule has 10 heteroatoms. The van der Waals surface area contributed by atoms with Crippen molar-refractivity contribution in [1.82, 2.24) is 4.31 Å². The van der Waals surface area contributed by atoms with Gasteiger partial charge < -0.3 is 5.32 Å². The average Bonchev–Trinajstić information content (AvgIpc) is 2.52. The maximum Gasteiger partial charge on any atom is 0.304 e. The number of benzene rings is 2. The molecule has 0 bridgehead atoms. The SMILES string of the molecule is CN(C)S(=O)(=O)N(CC(=O)Nc1cc(Cl)cc(Cl)c1)c1ccccc1F. The Bertz CT molecular complexity index is 902. The summed E-state index contributed by atoms with van der Waals surface area (Å²) in [5.74, 6) is -1.45. The smallest absolute Gasteiger partial charge is 0.304 e. The summed E-state index contributed by atoms with van der Waals surface area (Å²) in [6.45, 7) is -0.633. The molecule has 0 heterocycles. The number of nitrogens with one attached hydrogen (secondary N) is 1. The second-order valence-corrected chi connectivity index (χ2v) is 8.39. The highest BCUT2D eigenvalue weighted by atomic mass is 35.5. The molecule has 6 nitrogen and oxygen atoms in total. The number of hydrogen-bond acceptors (Lipinski definition) is 3. The Morgan fingerprint density at radius 2 is 1.69 bits per heavy atom. The van der Waals surface area contributed by atoms with Gasteiger partial charge in [-0.1, -0.05) is 35.3 Å². The molecule has 0 unspecified atom stereocenters. The van der Waals surface area contributed by atoms with Crippen LogP contribution >= 0.6 is 23.2 Å². The summed E-state index contributed by atoms with van der Waals surface area (Å²) in [6.07, 6.45) is 0. The molecule has 1 amide bonds. The number of halogens is 3. The first-order valence-corrected chi connectivity index (χ1v) is 9.47. The second kappa shape index (κ2) is 8.22. The highest BCUT2D eigenvalue weighted by Gasteiger charge is 2.29. The molecule has 2 aromatic carbocycles. The normalized spacial score (nSPS) is 11.5. The summed E-state index contributed by atoms with van der Waals surface area (Å²) in [4.78, 5) is 12.4. The zero-order chi connectivity index (χ0) is 19.5. The zero-order valence-corrected chi connectivity index (χ0v) is 16.2. The molecule has 0 atom stereocenters. The molecule has 0 aliphatic heterocycles. The maximum atomic E-state index is 14.1. The van der Waals surface area contributed by atoms with Crippen LogP contribution in [-0.4, -0.2) is 39.3 Å². The van der Waals surface area contributed by atoms with Crippen LogP contribution in [-0.2, 0) is 15.0 Å². The van der Waals surface area contributed by atoms with Crippen molar-refractivity contribution in [1.29, 1.82) is 0 Å². The molecule has 0 aliphatic rings. The highest BCUT2D eigenvalue weighted by Crippen LogP contribution is 2.24. The number of amides is 1. The van der Waals surface area contributed by atoms with E-state index in [0.717, 1.165) is 10.4 Å². The van der Waals surface area contributed by atoms with E-state index in [1.165, 1.54) is 50.5 Å². The minimum absolute atomic E-state index is 0.236. The first kappa shape index (κ1) is 20.4. The molecule has 0 saturated carbocycles. The van der Waals surface area contributed by atoms with Crippen LogP contribution in [0, 0.1) is 5.82 Å². The second-order valence-electron chi connectivity index (χ2n) is 5.45. The molecule has 140 valence electrons. The van der Waals surface area contributed by atoms with Gasteiger partial charge in [0.15, 0.2) is 0 Å². The van der Waals surface area contributed by atoms with Gasteiger partial charge in [0.2, 0.25) is 5.91 Å². The molecular formula is C16H16Cl2FN3O3S. The van der Waals surface area contributed by atoms with Crippen LogP contribution < -0.4 is 9.62 Å². The Kier molecular flexibility index (Phi) is 6.46. The molecule has 0 fully saturated rings. The van der Waals surface area contributed by atoms with E-state index in [-0.39, 0.29) is 5.69 Å². The number of hydrogen-bond donors (Lipinski definition) is 1. The summed E-state index contributed by atoms with van der Waals surface area (Å²) in [5, 5.41) is 3.11. The lowest BCUT2D eigenvalue weighted by atomic mass is 10.3. The van der Waals surface area contributed by atoms with Gasteiger partial charge in [0.05, 0.1) is 5.69 Å². The van der Waals surface area contributed by atoms with E-state index in [9.17, 15) is 17.6 Å². The molecule has 0 aliphatic carbocycles. The molecule has 0 saturated heterocycles. The van der Waals surface area contributed by atoms with Crippen LogP contribution in [0.25, 0.3) is 0 Å². The van der Waals surface area contributed by atoms with Crippen molar-refractivity contribution in [3.05, 3.63) is 58.3 Å². The largest absolute Gasteiger partial charge is 0.324 e. The first-order chi connectivity index (χ1) is 12.1. The predicted molar refractivity (Wildman–Crippen MR) is 101 cm³/mol. The lowest BCUT2D eigenvalue weighted by molar-refractivity contribution is -0.114. The van der Waals surface area contributed by atoms with Crippen molar-refractivity contribution in [3.8, 4) is 0 Å². The molecule has 2 rings (SSSR count). The summed E-state index contributed by atoms with van der Waals surface area (Å²) in [6, 6.07) is 9.69. The number of rotatable bonds is 6. The van der Waals surface area contributed by atoms with Gasteiger partial charge in [0.25, 0.3) is 0 Å². The van der Waals surface area contributed by atoms with Crippen LogP contribution in [0.1, 0.15) is 0 Å². The van der Waals surface area contributed by atoms with E-state index >= 15 is 0 Å². The quantitative estimate of drug-likeness (QED) is 0.779. The third-order valence-electron chi connectivity index (χ3n) is 3.29. The van der Waals surface area contributed by atoms with E-state index in [2.05, 4.69) is 5.32 Å². The molecule has 0 spiro atoms. The fraction of sp³-hybridized carbons (Fsp3) is 0.188.